The lowest BCUT2D eigenvalue weighted by molar-refractivity contribution is 0.865. The number of nitrogens with zero attached hydrogens (tertiary/aromatic N) is 6. The topological polar surface area (TPSA) is 129 Å². The molecule has 0 unspecified atom stereocenters. The van der Waals surface area contributed by atoms with Gasteiger partial charge in [-0.15, -0.1) is 10.2 Å². The molecule has 0 aliphatic carbocycles. The normalized spacial score (nSPS) is 8.75. The van der Waals surface area contributed by atoms with Crippen LogP contribution < -0.4 is 11.5 Å². The molecule has 0 atom stereocenters. The minimum Gasteiger partial charge on any atom is -0.368 e. The predicted molar refractivity (Wildman–Crippen MR) is 58.6 cm³/mol. The number of aromatic nitrogens is 6. The van der Waals surface area contributed by atoms with Gasteiger partial charge in [-0.3, -0.25) is 0 Å². The molecule has 0 radical (unpaired) electrons. The second kappa shape index (κ2) is 5.96. The fourth-order valence-corrected chi connectivity index (χ4v) is 0.723. The van der Waals surface area contributed by atoms with E-state index in [9.17, 15) is 0 Å². The monoisotopic (exact) mass is 218 g/mol. The summed E-state index contributed by atoms with van der Waals surface area (Å²) in [6.45, 7) is 3.45. The Labute approximate surface area is 91.5 Å². The first-order chi connectivity index (χ1) is 7.72. The van der Waals surface area contributed by atoms with E-state index < -0.39 is 0 Å². The molecule has 8 nitrogen and oxygen atoms in total. The van der Waals surface area contributed by atoms with Crippen LogP contribution in [-0.2, 0) is 0 Å². The van der Waals surface area contributed by atoms with Crippen LogP contribution in [0.2, 0.25) is 0 Å². The Morgan fingerprint density at radius 3 is 1.88 bits per heavy atom. The molecule has 0 aliphatic heterocycles. The highest BCUT2D eigenvalue weighted by molar-refractivity contribution is 5.41. The van der Waals surface area contributed by atoms with Crippen molar-refractivity contribution < 1.29 is 0 Å². The van der Waals surface area contributed by atoms with Gasteiger partial charge in [-0.25, -0.2) is 0 Å². The van der Waals surface area contributed by atoms with E-state index >= 15 is 0 Å². The minimum absolute atomic E-state index is 0.113. The summed E-state index contributed by atoms with van der Waals surface area (Å²) in [5.74, 6) is 0.620. The van der Waals surface area contributed by atoms with Gasteiger partial charge >= 0.3 is 0 Å². The van der Waals surface area contributed by atoms with E-state index in [1.165, 1.54) is 6.08 Å². The van der Waals surface area contributed by atoms with Crippen molar-refractivity contribution in [2.75, 3.05) is 11.5 Å². The van der Waals surface area contributed by atoms with Gasteiger partial charge in [-0.05, 0) is 17.4 Å². The van der Waals surface area contributed by atoms with Gasteiger partial charge in [0, 0.05) is 0 Å². The predicted octanol–water partition coefficient (Wildman–Crippen LogP) is -0.449. The molecule has 0 saturated carbocycles. The second-order valence-electron chi connectivity index (χ2n) is 2.43. The zero-order valence-electron chi connectivity index (χ0n) is 8.35. The average molecular weight is 218 g/mol. The average Bonchev–Trinajstić information content (AvgIpc) is 2.31. The van der Waals surface area contributed by atoms with Gasteiger partial charge in [-0.1, -0.05) is 6.58 Å². The van der Waals surface area contributed by atoms with Crippen molar-refractivity contribution in [1.29, 1.82) is 0 Å². The lowest BCUT2D eigenvalue weighted by Gasteiger charge is -1.94. The molecular weight excluding hydrogens is 208 g/mol. The van der Waals surface area contributed by atoms with E-state index in [1.54, 1.807) is 18.5 Å². The van der Waals surface area contributed by atoms with Crippen LogP contribution in [0.25, 0.3) is 6.08 Å². The van der Waals surface area contributed by atoms with Gasteiger partial charge in [0.25, 0.3) is 0 Å². The molecule has 82 valence electrons. The smallest absolute Gasteiger partial charge is 0.225 e. The number of hydrogen-bond acceptors (Lipinski definition) is 8. The van der Waals surface area contributed by atoms with Gasteiger partial charge in [0.2, 0.25) is 11.9 Å². The third-order valence-electron chi connectivity index (χ3n) is 1.28. The minimum atomic E-state index is 0.113. The number of nitrogens with two attached hydrogens (primary N) is 2. The molecule has 0 spiro atoms. The molecule has 0 saturated heterocycles. The maximum Gasteiger partial charge on any atom is 0.225 e. The van der Waals surface area contributed by atoms with Crippen molar-refractivity contribution in [3.63, 3.8) is 0 Å². The number of nitrogen functional groups attached to an aromatic ring is 2. The standard InChI is InChI=1S/C5H7N5.C3H3N3/c1-2-3-8-4(6)10-5(7)9-3;1-2-4-6-5-3-1/h2H,1H2,(H4,6,7,8,9,10);1-3H. The highest BCUT2D eigenvalue weighted by Crippen LogP contribution is 1.98. The van der Waals surface area contributed by atoms with E-state index in [-0.39, 0.29) is 11.9 Å². The maximum absolute atomic E-state index is 5.24. The molecule has 4 N–H and O–H groups in total. The van der Waals surface area contributed by atoms with Crippen molar-refractivity contribution in [3.8, 4) is 0 Å². The van der Waals surface area contributed by atoms with Crippen LogP contribution in [0.15, 0.2) is 25.0 Å². The number of hydrogen-bond donors (Lipinski definition) is 2. The summed E-state index contributed by atoms with van der Waals surface area (Å²) in [7, 11) is 0. The van der Waals surface area contributed by atoms with Gasteiger partial charge in [0.1, 0.15) is 0 Å². The Morgan fingerprint density at radius 2 is 1.56 bits per heavy atom. The highest BCUT2D eigenvalue weighted by Gasteiger charge is 1.95. The molecule has 2 aromatic heterocycles. The molecule has 2 aromatic rings. The van der Waals surface area contributed by atoms with Crippen molar-refractivity contribution in [2.45, 2.75) is 0 Å². The molecule has 16 heavy (non-hydrogen) atoms. The van der Waals surface area contributed by atoms with Crippen LogP contribution >= 0.6 is 0 Å². The lowest BCUT2D eigenvalue weighted by atomic mass is 10.6. The van der Waals surface area contributed by atoms with Crippen molar-refractivity contribution in [1.82, 2.24) is 30.4 Å². The molecule has 0 aliphatic rings. The third kappa shape index (κ3) is 4.05. The summed E-state index contributed by atoms with van der Waals surface area (Å²) in [6.07, 6.45) is 4.61. The largest absolute Gasteiger partial charge is 0.368 e. The summed E-state index contributed by atoms with van der Waals surface area (Å²) < 4.78 is 0. The summed E-state index contributed by atoms with van der Waals surface area (Å²) in [5, 5.41) is 10.1. The number of anilines is 2. The Morgan fingerprint density at radius 1 is 1.00 bits per heavy atom. The Hall–Kier alpha value is -2.64. The molecule has 0 fully saturated rings. The Kier molecular flexibility index (Phi) is 4.26. The highest BCUT2D eigenvalue weighted by atomic mass is 15.3. The van der Waals surface area contributed by atoms with Gasteiger partial charge in [0.15, 0.2) is 5.82 Å². The first kappa shape index (κ1) is 11.4. The first-order valence-corrected chi connectivity index (χ1v) is 4.20. The fraction of sp³-hybridized carbons (Fsp3) is 0. The van der Waals surface area contributed by atoms with E-state index in [0.29, 0.717) is 5.82 Å². The van der Waals surface area contributed by atoms with Gasteiger partial charge in [-0.2, -0.15) is 15.0 Å². The van der Waals surface area contributed by atoms with Crippen molar-refractivity contribution in [2.24, 2.45) is 0 Å². The maximum atomic E-state index is 5.24. The summed E-state index contributed by atoms with van der Waals surface area (Å²) in [6, 6.07) is 1.72. The molecule has 2 heterocycles. The van der Waals surface area contributed by atoms with Crippen LogP contribution in [0.3, 0.4) is 0 Å². The van der Waals surface area contributed by atoms with E-state index in [2.05, 4.69) is 36.9 Å². The van der Waals surface area contributed by atoms with E-state index in [0.717, 1.165) is 0 Å². The Bertz CT molecular complexity index is 396. The lowest BCUT2D eigenvalue weighted by Crippen LogP contribution is -2.03. The van der Waals surface area contributed by atoms with E-state index in [1.807, 2.05) is 0 Å². The van der Waals surface area contributed by atoms with Crippen LogP contribution in [0.1, 0.15) is 5.82 Å². The molecule has 0 bridgehead atoms. The first-order valence-electron chi connectivity index (χ1n) is 4.20. The third-order valence-corrected chi connectivity index (χ3v) is 1.28. The quantitative estimate of drug-likeness (QED) is 0.658. The van der Waals surface area contributed by atoms with Crippen LogP contribution in [-0.4, -0.2) is 30.4 Å². The SMILES string of the molecule is C=Cc1nc(N)nc(N)n1.c1cnnnc1. The van der Waals surface area contributed by atoms with Crippen LogP contribution in [0.5, 0.6) is 0 Å². The van der Waals surface area contributed by atoms with Gasteiger partial charge < -0.3 is 11.5 Å². The zero-order valence-corrected chi connectivity index (χ0v) is 8.35. The van der Waals surface area contributed by atoms with Crippen LogP contribution in [0.4, 0.5) is 11.9 Å². The Balaban J connectivity index is 0.000000181. The number of rotatable bonds is 1. The van der Waals surface area contributed by atoms with Gasteiger partial charge in [0.05, 0.1) is 12.4 Å². The molecule has 0 aromatic carbocycles. The second-order valence-corrected chi connectivity index (χ2v) is 2.43. The van der Waals surface area contributed by atoms with Crippen molar-refractivity contribution in [3.05, 3.63) is 30.9 Å². The van der Waals surface area contributed by atoms with E-state index in [4.69, 9.17) is 11.5 Å². The summed E-state index contributed by atoms with van der Waals surface area (Å²) in [5.41, 5.74) is 10.5. The zero-order chi connectivity index (χ0) is 11.8. The molecule has 8 heteroatoms. The van der Waals surface area contributed by atoms with Crippen LogP contribution in [0, 0.1) is 0 Å². The molecule has 2 rings (SSSR count). The summed E-state index contributed by atoms with van der Waals surface area (Å²) in [4.78, 5) is 11.0. The molecule has 0 amide bonds. The van der Waals surface area contributed by atoms with Crippen molar-refractivity contribution >= 4 is 18.0 Å². The molecular formula is C8H10N8. The summed E-state index contributed by atoms with van der Waals surface area (Å²) >= 11 is 0. The fourth-order valence-electron chi connectivity index (χ4n) is 0.723.